The monoisotopic (exact) mass is 260 g/mol. The summed E-state index contributed by atoms with van der Waals surface area (Å²) in [5.74, 6) is 0.832. The number of Topliss-reactive ketones (excluding diaryl/α,β-unsaturated/α-hetero) is 1. The van der Waals surface area contributed by atoms with Crippen molar-refractivity contribution in [3.63, 3.8) is 0 Å². The van der Waals surface area contributed by atoms with E-state index in [4.69, 9.17) is 4.42 Å². The molecule has 0 amide bonds. The number of nitrogens with zero attached hydrogens (tertiary/aromatic N) is 1. The van der Waals surface area contributed by atoms with E-state index in [9.17, 15) is 4.79 Å². The van der Waals surface area contributed by atoms with Gasteiger partial charge in [-0.1, -0.05) is 19.9 Å². The molecule has 0 saturated heterocycles. The SMILES string of the molecule is CC(=O)CNCC(C)(C)c1ccc2oc(C)nc2c1. The van der Waals surface area contributed by atoms with Gasteiger partial charge >= 0.3 is 0 Å². The zero-order valence-electron chi connectivity index (χ0n) is 11.9. The Kier molecular flexibility index (Phi) is 3.71. The highest BCUT2D eigenvalue weighted by Gasteiger charge is 2.21. The molecular weight excluding hydrogens is 240 g/mol. The molecule has 0 fully saturated rings. The van der Waals surface area contributed by atoms with Gasteiger partial charge in [-0.15, -0.1) is 0 Å². The second kappa shape index (κ2) is 5.13. The number of rotatable bonds is 5. The van der Waals surface area contributed by atoms with Crippen LogP contribution in [0.15, 0.2) is 22.6 Å². The lowest BCUT2D eigenvalue weighted by Gasteiger charge is -2.25. The predicted molar refractivity (Wildman–Crippen MR) is 75.3 cm³/mol. The molecule has 0 aliphatic carbocycles. The summed E-state index contributed by atoms with van der Waals surface area (Å²) >= 11 is 0. The van der Waals surface area contributed by atoms with Crippen molar-refractivity contribution < 1.29 is 9.21 Å². The van der Waals surface area contributed by atoms with Gasteiger partial charge in [0.2, 0.25) is 0 Å². The zero-order valence-corrected chi connectivity index (χ0v) is 11.9. The van der Waals surface area contributed by atoms with E-state index in [1.165, 1.54) is 5.56 Å². The van der Waals surface area contributed by atoms with E-state index >= 15 is 0 Å². The summed E-state index contributed by atoms with van der Waals surface area (Å²) in [6, 6.07) is 6.07. The van der Waals surface area contributed by atoms with Gasteiger partial charge < -0.3 is 9.73 Å². The van der Waals surface area contributed by atoms with Crippen molar-refractivity contribution in [3.8, 4) is 0 Å². The maximum absolute atomic E-state index is 11.0. The van der Waals surface area contributed by atoms with E-state index in [1.54, 1.807) is 6.92 Å². The standard InChI is InChI=1S/C15H20N2O2/c1-10(18)8-16-9-15(3,4)12-5-6-14-13(7-12)17-11(2)19-14/h5-7,16H,8-9H2,1-4H3. The lowest BCUT2D eigenvalue weighted by atomic mass is 9.84. The van der Waals surface area contributed by atoms with Crippen LogP contribution in [-0.4, -0.2) is 23.9 Å². The van der Waals surface area contributed by atoms with Gasteiger partial charge in [-0.25, -0.2) is 4.98 Å². The van der Waals surface area contributed by atoms with Crippen LogP contribution in [0.4, 0.5) is 0 Å². The molecule has 1 heterocycles. The molecule has 0 bridgehead atoms. The first kappa shape index (κ1) is 13.7. The van der Waals surface area contributed by atoms with E-state index in [-0.39, 0.29) is 11.2 Å². The summed E-state index contributed by atoms with van der Waals surface area (Å²) in [6.07, 6.45) is 0. The van der Waals surface area contributed by atoms with E-state index in [2.05, 4.69) is 36.3 Å². The van der Waals surface area contributed by atoms with Crippen molar-refractivity contribution in [2.24, 2.45) is 0 Å². The van der Waals surface area contributed by atoms with E-state index < -0.39 is 0 Å². The second-order valence-corrected chi connectivity index (χ2v) is 5.60. The Morgan fingerprint density at radius 2 is 2.16 bits per heavy atom. The van der Waals surface area contributed by atoms with Crippen molar-refractivity contribution in [2.45, 2.75) is 33.1 Å². The number of nitrogens with one attached hydrogen (secondary N) is 1. The molecule has 1 aromatic heterocycles. The Morgan fingerprint density at radius 3 is 2.84 bits per heavy atom. The minimum Gasteiger partial charge on any atom is -0.441 e. The third-order valence-corrected chi connectivity index (χ3v) is 3.22. The molecule has 0 aliphatic rings. The molecule has 0 radical (unpaired) electrons. The van der Waals surface area contributed by atoms with Crippen molar-refractivity contribution in [3.05, 3.63) is 29.7 Å². The Balaban J connectivity index is 2.19. The van der Waals surface area contributed by atoms with E-state index in [1.807, 2.05) is 13.0 Å². The lowest BCUT2D eigenvalue weighted by molar-refractivity contribution is -0.116. The maximum atomic E-state index is 11.0. The molecule has 1 aromatic carbocycles. The molecule has 19 heavy (non-hydrogen) atoms. The summed E-state index contributed by atoms with van der Waals surface area (Å²) in [7, 11) is 0. The minimum absolute atomic E-state index is 0.0590. The summed E-state index contributed by atoms with van der Waals surface area (Å²) in [5.41, 5.74) is 2.82. The highest BCUT2D eigenvalue weighted by Crippen LogP contribution is 2.26. The molecule has 102 valence electrons. The first-order chi connectivity index (χ1) is 8.88. The third-order valence-electron chi connectivity index (χ3n) is 3.22. The number of carbonyl (C=O) groups is 1. The van der Waals surface area contributed by atoms with Gasteiger partial charge in [0.25, 0.3) is 0 Å². The molecule has 1 N–H and O–H groups in total. The second-order valence-electron chi connectivity index (χ2n) is 5.60. The van der Waals surface area contributed by atoms with E-state index in [0.29, 0.717) is 12.4 Å². The first-order valence-electron chi connectivity index (χ1n) is 6.46. The van der Waals surface area contributed by atoms with Crippen LogP contribution in [-0.2, 0) is 10.2 Å². The number of aromatic nitrogens is 1. The third kappa shape index (κ3) is 3.20. The smallest absolute Gasteiger partial charge is 0.192 e. The van der Waals surface area contributed by atoms with Gasteiger partial charge in [-0.3, -0.25) is 4.79 Å². The molecule has 4 nitrogen and oxygen atoms in total. The van der Waals surface area contributed by atoms with Crippen LogP contribution in [0.5, 0.6) is 0 Å². The van der Waals surface area contributed by atoms with Crippen LogP contribution < -0.4 is 5.32 Å². The van der Waals surface area contributed by atoms with Gasteiger partial charge in [0.1, 0.15) is 11.3 Å². The largest absolute Gasteiger partial charge is 0.441 e. The summed E-state index contributed by atoms with van der Waals surface area (Å²) in [5, 5.41) is 3.18. The van der Waals surface area contributed by atoms with Gasteiger partial charge in [0, 0.05) is 18.9 Å². The molecule has 0 unspecified atom stereocenters. The van der Waals surface area contributed by atoms with Crippen LogP contribution >= 0.6 is 0 Å². The Labute approximate surface area is 113 Å². The van der Waals surface area contributed by atoms with Gasteiger partial charge in [-0.2, -0.15) is 0 Å². The number of hydrogen-bond donors (Lipinski definition) is 1. The number of benzene rings is 1. The van der Waals surface area contributed by atoms with Crippen LogP contribution in [0.25, 0.3) is 11.1 Å². The average Bonchev–Trinajstić information content (AvgIpc) is 2.67. The van der Waals surface area contributed by atoms with E-state index in [0.717, 1.165) is 17.6 Å². The van der Waals surface area contributed by atoms with Crippen molar-refractivity contribution in [1.82, 2.24) is 10.3 Å². The Morgan fingerprint density at radius 1 is 1.42 bits per heavy atom. The molecule has 0 saturated carbocycles. The number of aryl methyl sites for hydroxylation is 1. The topological polar surface area (TPSA) is 55.1 Å². The summed E-state index contributed by atoms with van der Waals surface area (Å²) in [4.78, 5) is 15.3. The fourth-order valence-electron chi connectivity index (χ4n) is 2.12. The average molecular weight is 260 g/mol. The fourth-order valence-corrected chi connectivity index (χ4v) is 2.12. The van der Waals surface area contributed by atoms with Crippen molar-refractivity contribution in [2.75, 3.05) is 13.1 Å². The zero-order chi connectivity index (χ0) is 14.0. The molecule has 4 heteroatoms. The molecule has 2 rings (SSSR count). The Hall–Kier alpha value is -1.68. The highest BCUT2D eigenvalue weighted by molar-refractivity contribution is 5.77. The summed E-state index contributed by atoms with van der Waals surface area (Å²) in [6.45, 7) is 8.88. The minimum atomic E-state index is -0.0590. The van der Waals surface area contributed by atoms with Crippen LogP contribution in [0.2, 0.25) is 0 Å². The molecule has 0 atom stereocenters. The fraction of sp³-hybridized carbons (Fsp3) is 0.467. The van der Waals surface area contributed by atoms with Crippen LogP contribution in [0, 0.1) is 6.92 Å². The van der Waals surface area contributed by atoms with Crippen LogP contribution in [0.1, 0.15) is 32.2 Å². The van der Waals surface area contributed by atoms with Crippen molar-refractivity contribution >= 4 is 16.9 Å². The normalized spacial score (nSPS) is 12.0. The number of hydrogen-bond acceptors (Lipinski definition) is 4. The molecular formula is C15H20N2O2. The van der Waals surface area contributed by atoms with Gasteiger partial charge in [0.15, 0.2) is 11.5 Å². The molecule has 0 aliphatic heterocycles. The van der Waals surface area contributed by atoms with Crippen LogP contribution in [0.3, 0.4) is 0 Å². The number of ketones is 1. The quantitative estimate of drug-likeness (QED) is 0.897. The first-order valence-corrected chi connectivity index (χ1v) is 6.46. The number of oxazole rings is 1. The molecule has 2 aromatic rings. The predicted octanol–water partition coefficient (Wildman–Crippen LogP) is 2.59. The number of carbonyl (C=O) groups excluding carboxylic acids is 1. The Bertz CT molecular complexity index is 599. The molecule has 0 spiro atoms. The highest BCUT2D eigenvalue weighted by atomic mass is 16.3. The van der Waals surface area contributed by atoms with Crippen molar-refractivity contribution in [1.29, 1.82) is 0 Å². The maximum Gasteiger partial charge on any atom is 0.192 e. The van der Waals surface area contributed by atoms with Gasteiger partial charge in [0.05, 0.1) is 6.54 Å². The summed E-state index contributed by atoms with van der Waals surface area (Å²) < 4.78 is 5.48. The number of fused-ring (bicyclic) bond motifs is 1. The van der Waals surface area contributed by atoms with Gasteiger partial charge in [-0.05, 0) is 24.6 Å². The lowest BCUT2D eigenvalue weighted by Crippen LogP contribution is -2.35.